The maximum absolute atomic E-state index is 11.4. The molecule has 18 heavy (non-hydrogen) atoms. The van der Waals surface area contributed by atoms with Crippen molar-refractivity contribution in [3.63, 3.8) is 0 Å². The van der Waals surface area contributed by atoms with Gasteiger partial charge >= 0.3 is 0 Å². The van der Waals surface area contributed by atoms with E-state index in [-0.39, 0.29) is 5.43 Å². The first kappa shape index (κ1) is 15.3. The van der Waals surface area contributed by atoms with Crippen molar-refractivity contribution >= 4 is 17.9 Å². The molecule has 0 amide bonds. The van der Waals surface area contributed by atoms with Crippen LogP contribution in [0.3, 0.4) is 0 Å². The molecule has 1 rings (SSSR count). The van der Waals surface area contributed by atoms with Crippen LogP contribution in [0.4, 0.5) is 5.69 Å². The Bertz CT molecular complexity index is 417. The molecule has 0 aromatic heterocycles. The topological polar surface area (TPSA) is 23.6 Å². The summed E-state index contributed by atoms with van der Waals surface area (Å²) in [5.74, 6) is 0. The van der Waals surface area contributed by atoms with Crippen molar-refractivity contribution in [2.45, 2.75) is 33.1 Å². The molecule has 1 aromatic carbocycles. The Morgan fingerprint density at radius 2 is 1.72 bits per heavy atom. The highest BCUT2D eigenvalue weighted by Crippen LogP contribution is 2.10. The SMILES string of the molecule is CCCN(CCC)CCCN(C)c1cc(=S)c1=O. The zero-order valence-electron chi connectivity index (χ0n) is 11.7. The summed E-state index contributed by atoms with van der Waals surface area (Å²) in [5.41, 5.74) is 0.809. The molecule has 0 heterocycles. The summed E-state index contributed by atoms with van der Waals surface area (Å²) in [6.45, 7) is 8.80. The predicted molar refractivity (Wildman–Crippen MR) is 80.8 cm³/mol. The van der Waals surface area contributed by atoms with Crippen molar-refractivity contribution < 1.29 is 0 Å². The monoisotopic (exact) mass is 268 g/mol. The van der Waals surface area contributed by atoms with Crippen LogP contribution in [-0.2, 0) is 0 Å². The molecule has 102 valence electrons. The summed E-state index contributed by atoms with van der Waals surface area (Å²) >= 11 is 4.86. The normalized spacial score (nSPS) is 11.3. The van der Waals surface area contributed by atoms with E-state index >= 15 is 0 Å². The molecule has 0 unspecified atom stereocenters. The predicted octanol–water partition coefficient (Wildman–Crippen LogP) is 2.60. The van der Waals surface area contributed by atoms with Crippen LogP contribution in [0.2, 0.25) is 0 Å². The highest BCUT2D eigenvalue weighted by atomic mass is 32.1. The lowest BCUT2D eigenvalue weighted by atomic mass is 10.2. The summed E-state index contributed by atoms with van der Waals surface area (Å²) in [5, 5.41) is 0. The quantitative estimate of drug-likeness (QED) is 0.642. The second-order valence-electron chi connectivity index (χ2n) is 4.84. The fourth-order valence-corrected chi connectivity index (χ4v) is 2.42. The molecule has 0 N–H and O–H groups in total. The molecule has 0 spiro atoms. The average molecular weight is 268 g/mol. The van der Waals surface area contributed by atoms with Gasteiger partial charge < -0.3 is 9.80 Å². The molecular formula is C14H24N2OS. The third kappa shape index (κ3) is 4.18. The van der Waals surface area contributed by atoms with Crippen LogP contribution < -0.4 is 10.3 Å². The second kappa shape index (κ2) is 7.64. The van der Waals surface area contributed by atoms with Gasteiger partial charge in [0, 0.05) is 13.6 Å². The minimum Gasteiger partial charge on any atom is -0.371 e. The molecule has 0 aliphatic carbocycles. The summed E-state index contributed by atoms with van der Waals surface area (Å²) in [4.78, 5) is 16.0. The number of hydrogen-bond acceptors (Lipinski definition) is 4. The van der Waals surface area contributed by atoms with E-state index < -0.39 is 0 Å². The number of rotatable bonds is 9. The molecule has 1 aromatic rings. The zero-order chi connectivity index (χ0) is 13.5. The maximum Gasteiger partial charge on any atom is 0.219 e. The first-order valence-corrected chi connectivity index (χ1v) is 7.24. The van der Waals surface area contributed by atoms with Crippen molar-refractivity contribution in [3.05, 3.63) is 20.8 Å². The van der Waals surface area contributed by atoms with Crippen LogP contribution in [-0.4, -0.2) is 38.1 Å². The fraction of sp³-hybridized carbons (Fsp3) is 0.714. The average Bonchev–Trinajstić information content (AvgIpc) is 2.35. The van der Waals surface area contributed by atoms with Gasteiger partial charge in [0.15, 0.2) is 0 Å². The standard InChI is InChI=1S/C14H24N2OS/c1-4-7-16(8-5-2)10-6-9-15(3)12-11-13(18)14(12)17/h11H,4-10H2,1-3H3. The lowest BCUT2D eigenvalue weighted by Gasteiger charge is -2.24. The van der Waals surface area contributed by atoms with E-state index in [0.29, 0.717) is 4.51 Å². The Balaban J connectivity index is 2.30. The molecule has 0 saturated heterocycles. The van der Waals surface area contributed by atoms with Gasteiger partial charge in [0.05, 0.1) is 10.2 Å². The molecule has 0 atom stereocenters. The van der Waals surface area contributed by atoms with E-state index in [1.807, 2.05) is 11.9 Å². The molecule has 4 heteroatoms. The Kier molecular flexibility index (Phi) is 6.50. The van der Waals surface area contributed by atoms with Gasteiger partial charge in [-0.05, 0) is 45.0 Å². The van der Waals surface area contributed by atoms with E-state index in [1.165, 1.54) is 25.9 Å². The Morgan fingerprint density at radius 1 is 1.11 bits per heavy atom. The summed E-state index contributed by atoms with van der Waals surface area (Å²) in [7, 11) is 1.97. The highest BCUT2D eigenvalue weighted by molar-refractivity contribution is 7.71. The summed E-state index contributed by atoms with van der Waals surface area (Å²) in [6, 6.07) is 1.80. The zero-order valence-corrected chi connectivity index (χ0v) is 12.6. The lowest BCUT2D eigenvalue weighted by molar-refractivity contribution is 0.272. The van der Waals surface area contributed by atoms with Crippen molar-refractivity contribution in [2.24, 2.45) is 0 Å². The summed E-state index contributed by atoms with van der Waals surface area (Å²) < 4.78 is 0.468. The van der Waals surface area contributed by atoms with E-state index in [1.54, 1.807) is 6.07 Å². The van der Waals surface area contributed by atoms with Crippen LogP contribution in [0.25, 0.3) is 0 Å². The molecule has 0 fully saturated rings. The maximum atomic E-state index is 11.4. The number of nitrogens with zero attached hydrogens (tertiary/aromatic N) is 2. The second-order valence-corrected chi connectivity index (χ2v) is 5.28. The third-order valence-corrected chi connectivity index (χ3v) is 3.49. The van der Waals surface area contributed by atoms with Gasteiger partial charge in [0.25, 0.3) is 0 Å². The van der Waals surface area contributed by atoms with Crippen molar-refractivity contribution in [1.82, 2.24) is 4.90 Å². The van der Waals surface area contributed by atoms with Crippen LogP contribution in [0, 0.1) is 4.51 Å². The Morgan fingerprint density at radius 3 is 2.17 bits per heavy atom. The molecule has 0 bridgehead atoms. The molecule has 0 aliphatic heterocycles. The van der Waals surface area contributed by atoms with Gasteiger partial charge in [-0.25, -0.2) is 0 Å². The van der Waals surface area contributed by atoms with Gasteiger partial charge in [-0.15, -0.1) is 0 Å². The van der Waals surface area contributed by atoms with Crippen molar-refractivity contribution in [3.8, 4) is 0 Å². The smallest absolute Gasteiger partial charge is 0.219 e. The molecule has 0 saturated carbocycles. The fourth-order valence-electron chi connectivity index (χ4n) is 2.21. The van der Waals surface area contributed by atoms with Crippen LogP contribution >= 0.6 is 12.2 Å². The van der Waals surface area contributed by atoms with Gasteiger partial charge in [0.2, 0.25) is 5.43 Å². The van der Waals surface area contributed by atoms with Gasteiger partial charge in [-0.3, -0.25) is 4.79 Å². The van der Waals surface area contributed by atoms with Crippen molar-refractivity contribution in [2.75, 3.05) is 38.1 Å². The first-order chi connectivity index (χ1) is 8.60. The first-order valence-electron chi connectivity index (χ1n) is 6.84. The van der Waals surface area contributed by atoms with Crippen LogP contribution in [0.15, 0.2) is 10.9 Å². The van der Waals surface area contributed by atoms with Gasteiger partial charge in [-0.1, -0.05) is 26.1 Å². The van der Waals surface area contributed by atoms with Gasteiger partial charge in [-0.2, -0.15) is 0 Å². The van der Waals surface area contributed by atoms with E-state index in [9.17, 15) is 4.79 Å². The minimum atomic E-state index is 0.0338. The molecule has 0 radical (unpaired) electrons. The molecular weight excluding hydrogens is 244 g/mol. The Labute approximate surface area is 115 Å². The van der Waals surface area contributed by atoms with E-state index in [4.69, 9.17) is 12.2 Å². The molecule has 3 nitrogen and oxygen atoms in total. The number of hydrogen-bond donors (Lipinski definition) is 0. The number of anilines is 1. The minimum absolute atomic E-state index is 0.0338. The largest absolute Gasteiger partial charge is 0.371 e. The van der Waals surface area contributed by atoms with Gasteiger partial charge in [0.1, 0.15) is 0 Å². The van der Waals surface area contributed by atoms with Crippen LogP contribution in [0.5, 0.6) is 0 Å². The van der Waals surface area contributed by atoms with E-state index in [0.717, 1.165) is 25.2 Å². The summed E-state index contributed by atoms with van der Waals surface area (Å²) in [6.07, 6.45) is 3.50. The third-order valence-electron chi connectivity index (χ3n) is 3.18. The van der Waals surface area contributed by atoms with Crippen LogP contribution in [0.1, 0.15) is 33.1 Å². The highest BCUT2D eigenvalue weighted by Gasteiger charge is 2.11. The van der Waals surface area contributed by atoms with E-state index in [2.05, 4.69) is 18.7 Å². The van der Waals surface area contributed by atoms with Crippen molar-refractivity contribution in [1.29, 1.82) is 0 Å². The molecule has 0 aliphatic rings. The lowest BCUT2D eigenvalue weighted by Crippen LogP contribution is -2.32. The Hall–Kier alpha value is -0.740.